The summed E-state index contributed by atoms with van der Waals surface area (Å²) in [5.74, 6) is 0.474. The number of fused-ring (bicyclic) bond motifs is 1. The van der Waals surface area contributed by atoms with E-state index in [1.54, 1.807) is 18.2 Å². The van der Waals surface area contributed by atoms with Crippen LogP contribution in [-0.2, 0) is 6.54 Å². The molecule has 1 aromatic carbocycles. The van der Waals surface area contributed by atoms with Crippen molar-refractivity contribution >= 4 is 34.0 Å². The predicted octanol–water partition coefficient (Wildman–Crippen LogP) is 4.37. The minimum atomic E-state index is -1.15. The molecule has 1 N–H and O–H groups in total. The normalized spacial score (nSPS) is 10.9. The third kappa shape index (κ3) is 3.32. The molecular weight excluding hydrogens is 362 g/mol. The van der Waals surface area contributed by atoms with E-state index in [1.165, 1.54) is 23.0 Å². The summed E-state index contributed by atoms with van der Waals surface area (Å²) < 4.78 is 1.53. The van der Waals surface area contributed by atoms with E-state index in [9.17, 15) is 20.0 Å². The summed E-state index contributed by atoms with van der Waals surface area (Å²) in [5.41, 5.74) is 0.819. The number of nitriles is 1. The first-order chi connectivity index (χ1) is 12.8. The van der Waals surface area contributed by atoms with Gasteiger partial charge in [0.15, 0.2) is 0 Å². The Morgan fingerprint density at radius 3 is 2.63 bits per heavy atom. The summed E-state index contributed by atoms with van der Waals surface area (Å²) in [7, 11) is 1.44. The quantitative estimate of drug-likeness (QED) is 0.727. The number of nitrogens with zero attached hydrogens (tertiary/aromatic N) is 3. The molecule has 0 radical (unpaired) electrons. The third-order valence-electron chi connectivity index (χ3n) is 4.29. The van der Waals surface area contributed by atoms with Gasteiger partial charge < -0.3 is 5.11 Å². The SMILES string of the molecule is CC(C)Cn1c(N(C)C(=O)O)c(-c2cccs2)c2cc(C#N)ccc2c1=O. The summed E-state index contributed by atoms with van der Waals surface area (Å²) >= 11 is 1.46. The first-order valence-electron chi connectivity index (χ1n) is 8.46. The topological polar surface area (TPSA) is 86.3 Å². The molecule has 0 fully saturated rings. The zero-order valence-corrected chi connectivity index (χ0v) is 16.1. The van der Waals surface area contributed by atoms with Gasteiger partial charge in [-0.1, -0.05) is 19.9 Å². The Morgan fingerprint density at radius 2 is 2.07 bits per heavy atom. The van der Waals surface area contributed by atoms with Crippen LogP contribution in [0.1, 0.15) is 19.4 Å². The van der Waals surface area contributed by atoms with Gasteiger partial charge in [0, 0.05) is 34.8 Å². The number of rotatable bonds is 4. The van der Waals surface area contributed by atoms with Gasteiger partial charge in [0.2, 0.25) is 0 Å². The lowest BCUT2D eigenvalue weighted by Gasteiger charge is -2.25. The molecule has 1 amide bonds. The second-order valence-corrected chi connectivity index (χ2v) is 7.65. The molecule has 6 nitrogen and oxygen atoms in total. The van der Waals surface area contributed by atoms with Gasteiger partial charge in [-0.25, -0.2) is 4.79 Å². The van der Waals surface area contributed by atoms with E-state index in [1.807, 2.05) is 31.4 Å². The second-order valence-electron chi connectivity index (χ2n) is 6.70. The van der Waals surface area contributed by atoms with E-state index >= 15 is 0 Å². The molecule has 0 atom stereocenters. The average molecular weight is 381 g/mol. The summed E-state index contributed by atoms with van der Waals surface area (Å²) in [6.07, 6.45) is -1.15. The predicted molar refractivity (Wildman–Crippen MR) is 108 cm³/mol. The van der Waals surface area contributed by atoms with Gasteiger partial charge in [0.05, 0.1) is 11.6 Å². The highest BCUT2D eigenvalue weighted by Crippen LogP contribution is 2.39. The van der Waals surface area contributed by atoms with Gasteiger partial charge in [-0.2, -0.15) is 5.26 Å². The van der Waals surface area contributed by atoms with Gasteiger partial charge in [0.25, 0.3) is 5.56 Å². The fraction of sp³-hybridized carbons (Fsp3) is 0.250. The number of hydrogen-bond donors (Lipinski definition) is 1. The number of amides is 1. The van der Waals surface area contributed by atoms with Crippen molar-refractivity contribution < 1.29 is 9.90 Å². The van der Waals surface area contributed by atoms with Crippen LogP contribution < -0.4 is 10.5 Å². The summed E-state index contributed by atoms with van der Waals surface area (Å²) in [5, 5.41) is 21.9. The zero-order chi connectivity index (χ0) is 19.7. The van der Waals surface area contributed by atoms with Crippen molar-refractivity contribution in [1.82, 2.24) is 4.57 Å². The van der Waals surface area contributed by atoms with Crippen LogP contribution in [0.15, 0.2) is 40.5 Å². The fourth-order valence-corrected chi connectivity index (χ4v) is 3.92. The highest BCUT2D eigenvalue weighted by atomic mass is 32.1. The van der Waals surface area contributed by atoms with Crippen LogP contribution in [0.3, 0.4) is 0 Å². The molecule has 0 bridgehead atoms. The molecule has 0 unspecified atom stereocenters. The third-order valence-corrected chi connectivity index (χ3v) is 5.18. The maximum Gasteiger partial charge on any atom is 0.412 e. The van der Waals surface area contributed by atoms with Crippen molar-refractivity contribution in [3.8, 4) is 16.5 Å². The number of pyridine rings is 1. The Labute approximate surface area is 160 Å². The minimum Gasteiger partial charge on any atom is -0.465 e. The molecule has 138 valence electrons. The standard InChI is InChI=1S/C20H19N3O3S/c1-12(2)11-23-18(22(3)20(25)26)17(16-5-4-8-27-16)15-9-13(10-21)6-7-14(15)19(23)24/h4-9,12H,11H2,1-3H3,(H,25,26). The molecule has 3 aromatic rings. The van der Waals surface area contributed by atoms with Crippen molar-refractivity contribution in [2.75, 3.05) is 11.9 Å². The lowest BCUT2D eigenvalue weighted by atomic mass is 10.0. The van der Waals surface area contributed by atoms with Gasteiger partial charge in [-0.3, -0.25) is 14.3 Å². The van der Waals surface area contributed by atoms with Crippen LogP contribution in [-0.4, -0.2) is 22.8 Å². The van der Waals surface area contributed by atoms with Crippen LogP contribution in [0.5, 0.6) is 0 Å². The van der Waals surface area contributed by atoms with Crippen LogP contribution in [0, 0.1) is 17.2 Å². The van der Waals surface area contributed by atoms with Gasteiger partial charge in [-0.15, -0.1) is 11.3 Å². The zero-order valence-electron chi connectivity index (χ0n) is 15.3. The van der Waals surface area contributed by atoms with Crippen LogP contribution in [0.4, 0.5) is 10.6 Å². The molecule has 27 heavy (non-hydrogen) atoms. The highest BCUT2D eigenvalue weighted by molar-refractivity contribution is 7.13. The first-order valence-corrected chi connectivity index (χ1v) is 9.34. The maximum atomic E-state index is 13.2. The number of anilines is 1. The molecule has 2 heterocycles. The van der Waals surface area contributed by atoms with E-state index in [0.29, 0.717) is 34.3 Å². The molecule has 0 aliphatic heterocycles. The minimum absolute atomic E-state index is 0.149. The largest absolute Gasteiger partial charge is 0.465 e. The molecule has 0 aliphatic carbocycles. The van der Waals surface area contributed by atoms with E-state index in [2.05, 4.69) is 6.07 Å². The molecular formula is C20H19N3O3S. The summed E-state index contributed by atoms with van der Waals surface area (Å²) in [6, 6.07) is 10.8. The van der Waals surface area contributed by atoms with Gasteiger partial charge in [-0.05, 0) is 35.6 Å². The smallest absolute Gasteiger partial charge is 0.412 e. The van der Waals surface area contributed by atoms with E-state index in [0.717, 1.165) is 9.78 Å². The summed E-state index contributed by atoms with van der Waals surface area (Å²) in [6.45, 7) is 4.34. The monoisotopic (exact) mass is 381 g/mol. The number of carbonyl (C=O) groups is 1. The Balaban J connectivity index is 2.56. The number of benzene rings is 1. The lowest BCUT2D eigenvalue weighted by Crippen LogP contribution is -2.34. The molecule has 7 heteroatoms. The van der Waals surface area contributed by atoms with Crippen molar-refractivity contribution in [2.45, 2.75) is 20.4 Å². The second kappa shape index (κ2) is 7.25. The molecule has 0 aliphatic rings. The summed E-state index contributed by atoms with van der Waals surface area (Å²) in [4.78, 5) is 26.9. The number of carboxylic acid groups (broad SMARTS) is 1. The van der Waals surface area contributed by atoms with E-state index < -0.39 is 6.09 Å². The highest BCUT2D eigenvalue weighted by Gasteiger charge is 2.25. The van der Waals surface area contributed by atoms with Gasteiger partial charge in [0.1, 0.15) is 5.82 Å². The van der Waals surface area contributed by atoms with E-state index in [-0.39, 0.29) is 11.5 Å². The Hall–Kier alpha value is -3.11. The molecule has 2 aromatic heterocycles. The molecule has 0 saturated heterocycles. The first kappa shape index (κ1) is 18.7. The number of thiophene rings is 1. The van der Waals surface area contributed by atoms with Gasteiger partial charge >= 0.3 is 6.09 Å². The fourth-order valence-electron chi connectivity index (χ4n) is 3.14. The molecule has 0 saturated carbocycles. The lowest BCUT2D eigenvalue weighted by molar-refractivity contribution is 0.203. The molecule has 0 spiro atoms. The van der Waals surface area contributed by atoms with Crippen LogP contribution in [0.25, 0.3) is 21.2 Å². The van der Waals surface area contributed by atoms with Crippen molar-refractivity contribution in [3.63, 3.8) is 0 Å². The van der Waals surface area contributed by atoms with Crippen molar-refractivity contribution in [3.05, 3.63) is 51.6 Å². The Bertz CT molecular complexity index is 1110. The van der Waals surface area contributed by atoms with Crippen LogP contribution >= 0.6 is 11.3 Å². The van der Waals surface area contributed by atoms with E-state index in [4.69, 9.17) is 0 Å². The Kier molecular flexibility index (Phi) is 5.02. The van der Waals surface area contributed by atoms with Crippen molar-refractivity contribution in [2.24, 2.45) is 5.92 Å². The van der Waals surface area contributed by atoms with Crippen LogP contribution in [0.2, 0.25) is 0 Å². The van der Waals surface area contributed by atoms with Crippen molar-refractivity contribution in [1.29, 1.82) is 5.26 Å². The number of hydrogen-bond acceptors (Lipinski definition) is 4. The average Bonchev–Trinajstić information content (AvgIpc) is 3.16. The number of aromatic nitrogens is 1. The molecule has 3 rings (SSSR count). The Morgan fingerprint density at radius 1 is 1.33 bits per heavy atom. The maximum absolute atomic E-state index is 13.2.